The highest BCUT2D eigenvalue weighted by Crippen LogP contribution is 2.20. The second-order valence-corrected chi connectivity index (χ2v) is 4.73. The lowest BCUT2D eigenvalue weighted by atomic mass is 10.0. The van der Waals surface area contributed by atoms with Crippen molar-refractivity contribution in [2.45, 2.75) is 25.9 Å². The molecule has 0 bridgehead atoms. The summed E-state index contributed by atoms with van der Waals surface area (Å²) in [5.41, 5.74) is 3.52. The van der Waals surface area contributed by atoms with Crippen LogP contribution >= 0.6 is 11.3 Å². The van der Waals surface area contributed by atoms with Gasteiger partial charge in [0.1, 0.15) is 0 Å². The lowest BCUT2D eigenvalue weighted by Gasteiger charge is -2.10. The second kappa shape index (κ2) is 5.28. The van der Waals surface area contributed by atoms with Crippen LogP contribution in [0.5, 0.6) is 0 Å². The number of thiophene rings is 1. The minimum atomic E-state index is -0.388. The fourth-order valence-corrected chi connectivity index (χ4v) is 2.41. The van der Waals surface area contributed by atoms with Crippen LogP contribution < -0.4 is 0 Å². The smallest absolute Gasteiger partial charge is 0.0830 e. The Morgan fingerprint density at radius 2 is 1.88 bits per heavy atom. The summed E-state index contributed by atoms with van der Waals surface area (Å²) in [5.74, 6) is 0. The average Bonchev–Trinajstić information content (AvgIpc) is 2.82. The number of aryl methyl sites for hydroxylation is 1. The molecule has 84 valence electrons. The van der Waals surface area contributed by atoms with Crippen molar-refractivity contribution in [2.24, 2.45) is 0 Å². The van der Waals surface area contributed by atoms with E-state index in [2.05, 4.69) is 30.5 Å². The molecule has 1 N–H and O–H groups in total. The lowest BCUT2D eigenvalue weighted by Crippen LogP contribution is -2.00. The molecular formula is C14H16OS. The van der Waals surface area contributed by atoms with E-state index in [4.69, 9.17) is 0 Å². The quantitative estimate of drug-likeness (QED) is 0.854. The van der Waals surface area contributed by atoms with E-state index in [-0.39, 0.29) is 6.10 Å². The van der Waals surface area contributed by atoms with Gasteiger partial charge in [0.25, 0.3) is 0 Å². The van der Waals surface area contributed by atoms with Crippen LogP contribution in [0.1, 0.15) is 29.7 Å². The molecule has 1 unspecified atom stereocenters. The highest BCUT2D eigenvalue weighted by molar-refractivity contribution is 7.07. The predicted molar refractivity (Wildman–Crippen MR) is 68.8 cm³/mol. The SMILES string of the molecule is CCc1ccc(C(O)Cc2ccsc2)cc1. The van der Waals surface area contributed by atoms with Gasteiger partial charge >= 0.3 is 0 Å². The zero-order valence-corrected chi connectivity index (χ0v) is 10.2. The fraction of sp³-hybridized carbons (Fsp3) is 0.286. The first-order chi connectivity index (χ1) is 7.79. The standard InChI is InChI=1S/C14H16OS/c1-2-11-3-5-13(6-4-11)14(15)9-12-7-8-16-10-12/h3-8,10,14-15H,2,9H2,1H3. The van der Waals surface area contributed by atoms with E-state index in [0.29, 0.717) is 6.42 Å². The molecule has 2 aromatic rings. The Hall–Kier alpha value is -1.12. The summed E-state index contributed by atoms with van der Waals surface area (Å²) >= 11 is 1.67. The van der Waals surface area contributed by atoms with Crippen molar-refractivity contribution in [2.75, 3.05) is 0 Å². The Bertz CT molecular complexity index is 417. The summed E-state index contributed by atoms with van der Waals surface area (Å²) in [6, 6.07) is 10.3. The molecule has 1 atom stereocenters. The number of rotatable bonds is 4. The van der Waals surface area contributed by atoms with E-state index < -0.39 is 0 Å². The topological polar surface area (TPSA) is 20.2 Å². The van der Waals surface area contributed by atoms with Crippen molar-refractivity contribution in [3.8, 4) is 0 Å². The number of hydrogen-bond acceptors (Lipinski definition) is 2. The second-order valence-electron chi connectivity index (χ2n) is 3.95. The van der Waals surface area contributed by atoms with Crippen molar-refractivity contribution >= 4 is 11.3 Å². The van der Waals surface area contributed by atoms with Crippen LogP contribution in [-0.2, 0) is 12.8 Å². The van der Waals surface area contributed by atoms with Gasteiger partial charge in [0, 0.05) is 6.42 Å². The third-order valence-corrected chi connectivity index (χ3v) is 3.51. The van der Waals surface area contributed by atoms with Crippen LogP contribution in [0.25, 0.3) is 0 Å². The summed E-state index contributed by atoms with van der Waals surface area (Å²) < 4.78 is 0. The average molecular weight is 232 g/mol. The molecule has 0 spiro atoms. The van der Waals surface area contributed by atoms with E-state index in [1.807, 2.05) is 17.5 Å². The molecule has 1 aromatic carbocycles. The first-order valence-electron chi connectivity index (χ1n) is 5.57. The Balaban J connectivity index is 2.05. The molecule has 16 heavy (non-hydrogen) atoms. The summed E-state index contributed by atoms with van der Waals surface area (Å²) in [5, 5.41) is 14.2. The van der Waals surface area contributed by atoms with Gasteiger partial charge in [-0.25, -0.2) is 0 Å². The zero-order valence-electron chi connectivity index (χ0n) is 9.39. The molecule has 0 fully saturated rings. The maximum absolute atomic E-state index is 10.1. The Morgan fingerprint density at radius 1 is 1.12 bits per heavy atom. The van der Waals surface area contributed by atoms with E-state index in [1.165, 1.54) is 11.1 Å². The van der Waals surface area contributed by atoms with Gasteiger partial charge in [-0.2, -0.15) is 11.3 Å². The molecule has 2 rings (SSSR count). The summed E-state index contributed by atoms with van der Waals surface area (Å²) in [6.45, 7) is 2.14. The van der Waals surface area contributed by atoms with Crippen LogP contribution in [-0.4, -0.2) is 5.11 Å². The third kappa shape index (κ3) is 2.71. The Morgan fingerprint density at radius 3 is 2.44 bits per heavy atom. The van der Waals surface area contributed by atoms with Crippen molar-refractivity contribution in [3.05, 3.63) is 57.8 Å². The number of aliphatic hydroxyl groups excluding tert-OH is 1. The minimum Gasteiger partial charge on any atom is -0.388 e. The molecule has 0 saturated carbocycles. The van der Waals surface area contributed by atoms with Gasteiger partial charge < -0.3 is 5.11 Å². The summed E-state index contributed by atoms with van der Waals surface area (Å²) in [7, 11) is 0. The van der Waals surface area contributed by atoms with E-state index in [0.717, 1.165) is 12.0 Å². The third-order valence-electron chi connectivity index (χ3n) is 2.78. The van der Waals surface area contributed by atoms with Gasteiger partial charge in [-0.15, -0.1) is 0 Å². The van der Waals surface area contributed by atoms with E-state index in [9.17, 15) is 5.11 Å². The van der Waals surface area contributed by atoms with Crippen molar-refractivity contribution < 1.29 is 5.11 Å². The number of benzene rings is 1. The Labute approximate surface area is 100 Å². The van der Waals surface area contributed by atoms with Gasteiger partial charge in [-0.3, -0.25) is 0 Å². The van der Waals surface area contributed by atoms with Crippen molar-refractivity contribution in [1.82, 2.24) is 0 Å². The summed E-state index contributed by atoms with van der Waals surface area (Å²) in [6.07, 6.45) is 1.36. The molecular weight excluding hydrogens is 216 g/mol. The van der Waals surface area contributed by atoms with Gasteiger partial charge in [-0.05, 0) is 39.9 Å². The first kappa shape index (κ1) is 11.4. The van der Waals surface area contributed by atoms with Crippen LogP contribution in [0.15, 0.2) is 41.1 Å². The van der Waals surface area contributed by atoms with E-state index in [1.54, 1.807) is 11.3 Å². The normalized spacial score (nSPS) is 12.6. The fourth-order valence-electron chi connectivity index (χ4n) is 1.73. The molecule has 0 radical (unpaired) electrons. The van der Waals surface area contributed by atoms with Crippen molar-refractivity contribution in [1.29, 1.82) is 0 Å². The summed E-state index contributed by atoms with van der Waals surface area (Å²) in [4.78, 5) is 0. The molecule has 0 aliphatic rings. The number of hydrogen-bond donors (Lipinski definition) is 1. The molecule has 1 nitrogen and oxygen atoms in total. The lowest BCUT2D eigenvalue weighted by molar-refractivity contribution is 0.178. The molecule has 1 aromatic heterocycles. The minimum absolute atomic E-state index is 0.388. The predicted octanol–water partition coefficient (Wildman–Crippen LogP) is 3.59. The number of aliphatic hydroxyl groups is 1. The van der Waals surface area contributed by atoms with Gasteiger partial charge in [0.15, 0.2) is 0 Å². The molecule has 0 saturated heterocycles. The highest BCUT2D eigenvalue weighted by Gasteiger charge is 2.08. The maximum Gasteiger partial charge on any atom is 0.0830 e. The largest absolute Gasteiger partial charge is 0.388 e. The van der Waals surface area contributed by atoms with Crippen LogP contribution in [0.3, 0.4) is 0 Å². The molecule has 0 aliphatic heterocycles. The molecule has 0 amide bonds. The van der Waals surface area contributed by atoms with E-state index >= 15 is 0 Å². The zero-order chi connectivity index (χ0) is 11.4. The van der Waals surface area contributed by atoms with Gasteiger partial charge in [0.05, 0.1) is 6.10 Å². The van der Waals surface area contributed by atoms with Crippen LogP contribution in [0, 0.1) is 0 Å². The molecule has 0 aliphatic carbocycles. The van der Waals surface area contributed by atoms with Gasteiger partial charge in [0.2, 0.25) is 0 Å². The highest BCUT2D eigenvalue weighted by atomic mass is 32.1. The van der Waals surface area contributed by atoms with Gasteiger partial charge in [-0.1, -0.05) is 31.2 Å². The Kier molecular flexibility index (Phi) is 3.75. The monoisotopic (exact) mass is 232 g/mol. The first-order valence-corrected chi connectivity index (χ1v) is 6.52. The maximum atomic E-state index is 10.1. The van der Waals surface area contributed by atoms with Crippen LogP contribution in [0.4, 0.5) is 0 Å². The van der Waals surface area contributed by atoms with Crippen LogP contribution in [0.2, 0.25) is 0 Å². The molecule has 2 heteroatoms. The van der Waals surface area contributed by atoms with Crippen molar-refractivity contribution in [3.63, 3.8) is 0 Å². The molecule has 1 heterocycles.